The van der Waals surface area contributed by atoms with Crippen molar-refractivity contribution >= 4 is 12.3 Å². The minimum Gasteiger partial charge on any atom is -0.492 e. The first-order chi connectivity index (χ1) is 14.2. The van der Waals surface area contributed by atoms with Crippen molar-refractivity contribution in [3.8, 4) is 0 Å². The van der Waals surface area contributed by atoms with Crippen molar-refractivity contribution in [1.29, 1.82) is 0 Å². The Labute approximate surface area is 170 Å². The van der Waals surface area contributed by atoms with Gasteiger partial charge in [0.05, 0.1) is 31.7 Å². The van der Waals surface area contributed by atoms with Crippen LogP contribution in [0, 0.1) is 0 Å². The SMILES string of the molecule is CC(=O)O[C@H]1C(C=O)=CO[C@H](COCc2ccccc2)[C@@H]1OCc1ccccc1. The second-order valence-electron chi connectivity index (χ2n) is 6.70. The van der Waals surface area contributed by atoms with Crippen molar-refractivity contribution < 1.29 is 28.5 Å². The van der Waals surface area contributed by atoms with E-state index in [1.165, 1.54) is 13.2 Å². The molecule has 0 amide bonds. The monoisotopic (exact) mass is 396 g/mol. The molecule has 0 radical (unpaired) electrons. The molecular formula is C23H24O6. The van der Waals surface area contributed by atoms with Gasteiger partial charge < -0.3 is 18.9 Å². The zero-order valence-corrected chi connectivity index (χ0v) is 16.2. The van der Waals surface area contributed by atoms with Crippen molar-refractivity contribution in [3.05, 3.63) is 83.6 Å². The predicted octanol–water partition coefficient (Wildman–Crippen LogP) is 3.20. The Balaban J connectivity index is 1.71. The van der Waals surface area contributed by atoms with Gasteiger partial charge in [-0.25, -0.2) is 0 Å². The van der Waals surface area contributed by atoms with Crippen LogP contribution in [0.4, 0.5) is 0 Å². The van der Waals surface area contributed by atoms with Crippen LogP contribution in [0.1, 0.15) is 18.1 Å². The molecule has 0 fully saturated rings. The topological polar surface area (TPSA) is 71.1 Å². The molecule has 152 valence electrons. The van der Waals surface area contributed by atoms with E-state index in [4.69, 9.17) is 18.9 Å². The van der Waals surface area contributed by atoms with Gasteiger partial charge in [-0.05, 0) is 11.1 Å². The van der Waals surface area contributed by atoms with E-state index in [-0.39, 0.29) is 18.8 Å². The molecule has 6 heteroatoms. The van der Waals surface area contributed by atoms with Crippen LogP contribution in [0.3, 0.4) is 0 Å². The number of carbonyl (C=O) groups is 2. The first-order valence-corrected chi connectivity index (χ1v) is 9.42. The molecule has 29 heavy (non-hydrogen) atoms. The van der Waals surface area contributed by atoms with E-state index in [2.05, 4.69) is 0 Å². The van der Waals surface area contributed by atoms with Crippen LogP contribution in [-0.2, 0) is 41.8 Å². The fourth-order valence-electron chi connectivity index (χ4n) is 3.07. The van der Waals surface area contributed by atoms with E-state index in [9.17, 15) is 9.59 Å². The van der Waals surface area contributed by atoms with E-state index in [0.29, 0.717) is 12.9 Å². The van der Waals surface area contributed by atoms with E-state index in [1.807, 2.05) is 60.7 Å². The molecule has 1 aliphatic heterocycles. The van der Waals surface area contributed by atoms with Gasteiger partial charge in [0.15, 0.2) is 18.5 Å². The summed E-state index contributed by atoms with van der Waals surface area (Å²) in [6, 6.07) is 19.4. The molecule has 1 heterocycles. The lowest BCUT2D eigenvalue weighted by Gasteiger charge is -2.36. The zero-order chi connectivity index (χ0) is 20.5. The molecule has 0 aliphatic carbocycles. The van der Waals surface area contributed by atoms with Crippen LogP contribution in [0.5, 0.6) is 0 Å². The lowest BCUT2D eigenvalue weighted by Crippen LogP contribution is -2.48. The number of carbonyl (C=O) groups excluding carboxylic acids is 2. The van der Waals surface area contributed by atoms with Gasteiger partial charge in [0.1, 0.15) is 6.10 Å². The summed E-state index contributed by atoms with van der Waals surface area (Å²) in [5.74, 6) is -0.498. The highest BCUT2D eigenvalue weighted by molar-refractivity contribution is 5.76. The molecule has 6 nitrogen and oxygen atoms in total. The van der Waals surface area contributed by atoms with Crippen LogP contribution < -0.4 is 0 Å². The highest BCUT2D eigenvalue weighted by Gasteiger charge is 2.40. The Morgan fingerprint density at radius 2 is 1.62 bits per heavy atom. The molecule has 0 N–H and O–H groups in total. The number of hydrogen-bond donors (Lipinski definition) is 0. The quantitative estimate of drug-likeness (QED) is 0.479. The second-order valence-corrected chi connectivity index (χ2v) is 6.70. The summed E-state index contributed by atoms with van der Waals surface area (Å²) in [6.45, 7) is 2.21. The number of hydrogen-bond acceptors (Lipinski definition) is 6. The summed E-state index contributed by atoms with van der Waals surface area (Å²) in [7, 11) is 0. The maximum Gasteiger partial charge on any atom is 0.303 e. The average molecular weight is 396 g/mol. The van der Waals surface area contributed by atoms with Gasteiger partial charge in [-0.1, -0.05) is 60.7 Å². The van der Waals surface area contributed by atoms with Gasteiger partial charge in [0, 0.05) is 6.92 Å². The summed E-state index contributed by atoms with van der Waals surface area (Å²) in [5, 5.41) is 0. The third-order valence-electron chi connectivity index (χ3n) is 4.48. The molecule has 2 aromatic carbocycles. The first kappa shape index (κ1) is 20.8. The molecule has 3 atom stereocenters. The van der Waals surface area contributed by atoms with Crippen LogP contribution in [0.2, 0.25) is 0 Å². The predicted molar refractivity (Wildman–Crippen MR) is 106 cm³/mol. The standard InChI is InChI=1S/C23H24O6/c1-17(25)29-22-20(12-24)15-27-21(16-26-13-18-8-4-2-5-9-18)23(22)28-14-19-10-6-3-7-11-19/h2-12,15,21-23H,13-14,16H2,1H3/t21-,22+,23+/m1/s1. The molecule has 0 spiro atoms. The molecule has 1 aliphatic rings. The minimum atomic E-state index is -0.854. The van der Waals surface area contributed by atoms with Crippen LogP contribution in [0.15, 0.2) is 72.5 Å². The summed E-state index contributed by atoms with van der Waals surface area (Å²) >= 11 is 0. The fraction of sp³-hybridized carbons (Fsp3) is 0.304. The Hall–Kier alpha value is -2.96. The van der Waals surface area contributed by atoms with Gasteiger partial charge in [0.2, 0.25) is 0 Å². The average Bonchev–Trinajstić information content (AvgIpc) is 2.74. The molecule has 3 rings (SSSR count). The summed E-state index contributed by atoms with van der Waals surface area (Å²) < 4.78 is 22.9. The Kier molecular flexibility index (Phi) is 7.55. The van der Waals surface area contributed by atoms with E-state index >= 15 is 0 Å². The summed E-state index contributed by atoms with van der Waals surface area (Å²) in [5.41, 5.74) is 2.21. The molecule has 0 saturated carbocycles. The van der Waals surface area contributed by atoms with Crippen molar-refractivity contribution in [2.24, 2.45) is 0 Å². The Morgan fingerprint density at radius 1 is 1.00 bits per heavy atom. The zero-order valence-electron chi connectivity index (χ0n) is 16.2. The molecule has 0 saturated heterocycles. The van der Waals surface area contributed by atoms with Crippen LogP contribution in [-0.4, -0.2) is 37.2 Å². The van der Waals surface area contributed by atoms with Gasteiger partial charge >= 0.3 is 5.97 Å². The molecule has 0 unspecified atom stereocenters. The molecule has 0 aromatic heterocycles. The van der Waals surface area contributed by atoms with Crippen molar-refractivity contribution in [3.63, 3.8) is 0 Å². The van der Waals surface area contributed by atoms with Gasteiger partial charge in [-0.2, -0.15) is 0 Å². The molecule has 0 bridgehead atoms. The Morgan fingerprint density at radius 3 is 2.21 bits per heavy atom. The van der Waals surface area contributed by atoms with Crippen molar-refractivity contribution in [1.82, 2.24) is 0 Å². The van der Waals surface area contributed by atoms with Crippen LogP contribution in [0.25, 0.3) is 0 Å². The van der Waals surface area contributed by atoms with Crippen molar-refractivity contribution in [2.45, 2.75) is 38.4 Å². The van der Waals surface area contributed by atoms with Gasteiger partial charge in [-0.15, -0.1) is 0 Å². The first-order valence-electron chi connectivity index (χ1n) is 9.42. The largest absolute Gasteiger partial charge is 0.492 e. The third kappa shape index (κ3) is 6.01. The number of aldehydes is 1. The maximum absolute atomic E-state index is 11.6. The van der Waals surface area contributed by atoms with Gasteiger partial charge in [0.25, 0.3) is 0 Å². The minimum absolute atomic E-state index is 0.217. The Bertz CT molecular complexity index is 818. The van der Waals surface area contributed by atoms with Gasteiger partial charge in [-0.3, -0.25) is 9.59 Å². The second kappa shape index (κ2) is 10.5. The smallest absolute Gasteiger partial charge is 0.303 e. The van der Waals surface area contributed by atoms with Crippen molar-refractivity contribution in [2.75, 3.05) is 6.61 Å². The normalized spacial score (nSPS) is 21.0. The van der Waals surface area contributed by atoms with E-state index in [1.54, 1.807) is 0 Å². The maximum atomic E-state index is 11.6. The molecule has 2 aromatic rings. The summed E-state index contributed by atoms with van der Waals surface area (Å²) in [4.78, 5) is 23.1. The lowest BCUT2D eigenvalue weighted by atomic mass is 9.99. The number of esters is 1. The lowest BCUT2D eigenvalue weighted by molar-refractivity contribution is -0.170. The number of ether oxygens (including phenoxy) is 4. The number of benzene rings is 2. The van der Waals surface area contributed by atoms with E-state index in [0.717, 1.165) is 11.1 Å². The van der Waals surface area contributed by atoms with E-state index < -0.39 is 24.3 Å². The van der Waals surface area contributed by atoms with Crippen LogP contribution >= 0.6 is 0 Å². The highest BCUT2D eigenvalue weighted by atomic mass is 16.6. The number of rotatable bonds is 9. The summed E-state index contributed by atoms with van der Waals surface area (Å²) in [6.07, 6.45) is -0.129. The highest BCUT2D eigenvalue weighted by Crippen LogP contribution is 2.25. The third-order valence-corrected chi connectivity index (χ3v) is 4.48. The molecular weight excluding hydrogens is 372 g/mol. The fourth-order valence-corrected chi connectivity index (χ4v) is 3.07.